The molecule has 3 nitrogen and oxygen atoms in total. The number of benzene rings is 1. The number of hydrogen-bond acceptors (Lipinski definition) is 3. The third kappa shape index (κ3) is 2.54. The number of nitrogens with one attached hydrogen (secondary N) is 1. The van der Waals surface area contributed by atoms with E-state index in [4.69, 9.17) is 11.6 Å². The summed E-state index contributed by atoms with van der Waals surface area (Å²) in [5, 5.41) is 12.7. The first-order valence-electron chi connectivity index (χ1n) is 5.68. The maximum absolute atomic E-state index is 13.1. The van der Waals surface area contributed by atoms with Crippen molar-refractivity contribution in [1.82, 2.24) is 5.32 Å². The Hall–Kier alpha value is -0.840. The zero-order valence-electron chi connectivity index (χ0n) is 9.66. The van der Waals surface area contributed by atoms with E-state index in [-0.39, 0.29) is 23.7 Å². The molecule has 1 aliphatic heterocycles. The van der Waals surface area contributed by atoms with Crippen LogP contribution in [0.3, 0.4) is 0 Å². The number of aliphatic hydroxyl groups is 1. The van der Waals surface area contributed by atoms with E-state index in [2.05, 4.69) is 17.1 Å². The fourth-order valence-electron chi connectivity index (χ4n) is 2.28. The summed E-state index contributed by atoms with van der Waals surface area (Å²) in [6.45, 7) is 3.68. The van der Waals surface area contributed by atoms with Gasteiger partial charge in [-0.2, -0.15) is 0 Å². The van der Waals surface area contributed by atoms with E-state index in [0.29, 0.717) is 0 Å². The molecule has 17 heavy (non-hydrogen) atoms. The molecule has 0 bridgehead atoms. The summed E-state index contributed by atoms with van der Waals surface area (Å²) >= 11 is 5.79. The maximum Gasteiger partial charge on any atom is 0.141 e. The molecular weight excluding hydrogens is 243 g/mol. The highest BCUT2D eigenvalue weighted by Gasteiger charge is 2.27. The van der Waals surface area contributed by atoms with Gasteiger partial charge in [0.05, 0.1) is 17.7 Å². The number of anilines is 1. The molecule has 5 heteroatoms. The summed E-state index contributed by atoms with van der Waals surface area (Å²) in [5.74, 6) is -0.418. The standard InChI is InChI=1S/C12H16ClFN2O/c1-8-5-15-6-10(7-17)16(8)9-2-3-12(14)11(13)4-9/h2-4,8,10,15,17H,5-7H2,1H3. The van der Waals surface area contributed by atoms with Crippen molar-refractivity contribution >= 4 is 17.3 Å². The topological polar surface area (TPSA) is 35.5 Å². The van der Waals surface area contributed by atoms with Gasteiger partial charge in [0, 0.05) is 24.8 Å². The Morgan fingerprint density at radius 1 is 1.53 bits per heavy atom. The predicted molar refractivity (Wildman–Crippen MR) is 67.1 cm³/mol. The lowest BCUT2D eigenvalue weighted by atomic mass is 10.1. The van der Waals surface area contributed by atoms with Gasteiger partial charge in [0.15, 0.2) is 0 Å². The number of hydrogen-bond donors (Lipinski definition) is 2. The second-order valence-electron chi connectivity index (χ2n) is 4.35. The van der Waals surface area contributed by atoms with E-state index in [1.54, 1.807) is 12.1 Å². The molecule has 1 aromatic rings. The summed E-state index contributed by atoms with van der Waals surface area (Å²) in [6.07, 6.45) is 0. The Morgan fingerprint density at radius 2 is 2.29 bits per heavy atom. The van der Waals surface area contributed by atoms with Crippen molar-refractivity contribution in [3.05, 3.63) is 29.0 Å². The van der Waals surface area contributed by atoms with Crippen molar-refractivity contribution in [3.8, 4) is 0 Å². The lowest BCUT2D eigenvalue weighted by molar-refractivity contribution is 0.235. The molecule has 2 unspecified atom stereocenters. The Balaban J connectivity index is 2.31. The van der Waals surface area contributed by atoms with Crippen LogP contribution in [0, 0.1) is 5.82 Å². The fraction of sp³-hybridized carbons (Fsp3) is 0.500. The van der Waals surface area contributed by atoms with Gasteiger partial charge in [-0.05, 0) is 25.1 Å². The minimum absolute atomic E-state index is 0.000257. The molecule has 94 valence electrons. The van der Waals surface area contributed by atoms with Crippen molar-refractivity contribution in [2.24, 2.45) is 0 Å². The first-order valence-corrected chi connectivity index (χ1v) is 6.06. The molecule has 2 atom stereocenters. The molecule has 1 aromatic carbocycles. The SMILES string of the molecule is CC1CNCC(CO)N1c1ccc(F)c(Cl)c1. The van der Waals surface area contributed by atoms with Gasteiger partial charge in [0.1, 0.15) is 5.82 Å². The highest BCUT2D eigenvalue weighted by Crippen LogP contribution is 2.26. The monoisotopic (exact) mass is 258 g/mol. The van der Waals surface area contributed by atoms with Gasteiger partial charge in [-0.15, -0.1) is 0 Å². The Labute approximate surface area is 105 Å². The van der Waals surface area contributed by atoms with Gasteiger partial charge in [0.2, 0.25) is 0 Å². The van der Waals surface area contributed by atoms with Gasteiger partial charge in [-0.1, -0.05) is 11.6 Å². The molecule has 0 saturated carbocycles. The Bertz CT molecular complexity index is 402. The van der Waals surface area contributed by atoms with Crippen molar-refractivity contribution in [2.75, 3.05) is 24.6 Å². The second kappa shape index (κ2) is 5.21. The molecule has 0 spiro atoms. The van der Waals surface area contributed by atoms with Crippen LogP contribution >= 0.6 is 11.6 Å². The molecule has 2 rings (SSSR count). The highest BCUT2D eigenvalue weighted by atomic mass is 35.5. The van der Waals surface area contributed by atoms with E-state index < -0.39 is 5.82 Å². The molecule has 1 fully saturated rings. The molecule has 0 radical (unpaired) electrons. The summed E-state index contributed by atoms with van der Waals surface area (Å²) in [4.78, 5) is 2.09. The molecule has 0 aromatic heterocycles. The smallest absolute Gasteiger partial charge is 0.141 e. The zero-order chi connectivity index (χ0) is 12.4. The second-order valence-corrected chi connectivity index (χ2v) is 4.76. The van der Waals surface area contributed by atoms with Crippen molar-refractivity contribution in [1.29, 1.82) is 0 Å². The van der Waals surface area contributed by atoms with Crippen LogP contribution in [0.25, 0.3) is 0 Å². The molecule has 0 amide bonds. The molecule has 1 saturated heterocycles. The van der Waals surface area contributed by atoms with E-state index >= 15 is 0 Å². The molecule has 2 N–H and O–H groups in total. The minimum Gasteiger partial charge on any atom is -0.394 e. The van der Waals surface area contributed by atoms with Crippen LogP contribution in [0.5, 0.6) is 0 Å². The quantitative estimate of drug-likeness (QED) is 0.847. The summed E-state index contributed by atoms with van der Waals surface area (Å²) < 4.78 is 13.1. The first-order chi connectivity index (χ1) is 8.13. The number of piperazine rings is 1. The minimum atomic E-state index is -0.418. The van der Waals surface area contributed by atoms with Crippen LogP contribution in [0.4, 0.5) is 10.1 Å². The molecule has 0 aliphatic carbocycles. The van der Waals surface area contributed by atoms with Crippen LogP contribution in [-0.4, -0.2) is 36.9 Å². The predicted octanol–water partition coefficient (Wildman–Crippen LogP) is 1.64. The number of aliphatic hydroxyl groups excluding tert-OH is 1. The third-order valence-corrected chi connectivity index (χ3v) is 3.39. The largest absolute Gasteiger partial charge is 0.394 e. The van der Waals surface area contributed by atoms with Crippen LogP contribution in [0.2, 0.25) is 5.02 Å². The van der Waals surface area contributed by atoms with Crippen LogP contribution in [0.15, 0.2) is 18.2 Å². The fourth-order valence-corrected chi connectivity index (χ4v) is 2.45. The van der Waals surface area contributed by atoms with Gasteiger partial charge in [-0.3, -0.25) is 0 Å². The summed E-state index contributed by atoms with van der Waals surface area (Å²) in [6, 6.07) is 4.91. The molecular formula is C12H16ClFN2O. The lowest BCUT2D eigenvalue weighted by Gasteiger charge is -2.42. The number of rotatable bonds is 2. The zero-order valence-corrected chi connectivity index (χ0v) is 10.4. The number of halogens is 2. The van der Waals surface area contributed by atoms with Gasteiger partial charge in [-0.25, -0.2) is 4.39 Å². The van der Waals surface area contributed by atoms with Crippen molar-refractivity contribution < 1.29 is 9.50 Å². The Kier molecular flexibility index (Phi) is 3.86. The van der Waals surface area contributed by atoms with E-state index in [1.807, 2.05) is 0 Å². The van der Waals surface area contributed by atoms with Crippen molar-refractivity contribution in [3.63, 3.8) is 0 Å². The van der Waals surface area contributed by atoms with Crippen LogP contribution in [-0.2, 0) is 0 Å². The van der Waals surface area contributed by atoms with E-state index in [1.165, 1.54) is 6.07 Å². The molecule has 1 heterocycles. The van der Waals surface area contributed by atoms with Crippen molar-refractivity contribution in [2.45, 2.75) is 19.0 Å². The first kappa shape index (κ1) is 12.6. The van der Waals surface area contributed by atoms with Gasteiger partial charge < -0.3 is 15.3 Å². The number of nitrogens with zero attached hydrogens (tertiary/aromatic N) is 1. The van der Waals surface area contributed by atoms with Gasteiger partial charge >= 0.3 is 0 Å². The summed E-state index contributed by atoms with van der Waals surface area (Å²) in [7, 11) is 0. The highest BCUT2D eigenvalue weighted by molar-refractivity contribution is 6.31. The summed E-state index contributed by atoms with van der Waals surface area (Å²) in [5.41, 5.74) is 0.851. The Morgan fingerprint density at radius 3 is 2.94 bits per heavy atom. The van der Waals surface area contributed by atoms with E-state index in [9.17, 15) is 9.50 Å². The molecule has 1 aliphatic rings. The maximum atomic E-state index is 13.1. The van der Waals surface area contributed by atoms with Gasteiger partial charge in [0.25, 0.3) is 0 Å². The average Bonchev–Trinajstić information content (AvgIpc) is 2.32. The van der Waals surface area contributed by atoms with Crippen LogP contribution < -0.4 is 10.2 Å². The third-order valence-electron chi connectivity index (χ3n) is 3.10. The van der Waals surface area contributed by atoms with E-state index in [0.717, 1.165) is 18.8 Å². The van der Waals surface area contributed by atoms with Crippen LogP contribution in [0.1, 0.15) is 6.92 Å². The normalized spacial score (nSPS) is 25.1. The average molecular weight is 259 g/mol. The lowest BCUT2D eigenvalue weighted by Crippen LogP contribution is -2.58.